The van der Waals surface area contributed by atoms with E-state index in [1.807, 2.05) is 12.1 Å². The van der Waals surface area contributed by atoms with E-state index in [1.165, 1.54) is 0 Å². The molecule has 0 aliphatic heterocycles. The standard InChI is InChI=1S/C15H21N3O3/c19-13(20)15(7-2-1-3-8-15)18-14(21)17-10-6-12-5-4-9-16-11-12/h4-5,9,11H,1-3,6-8,10H2,(H,19,20)(H2,17,18,21). The van der Waals surface area contributed by atoms with Gasteiger partial charge in [-0.1, -0.05) is 25.3 Å². The molecule has 1 heterocycles. The predicted molar refractivity (Wildman–Crippen MR) is 77.9 cm³/mol. The van der Waals surface area contributed by atoms with E-state index in [1.54, 1.807) is 12.4 Å². The van der Waals surface area contributed by atoms with Gasteiger partial charge in [0.05, 0.1) is 0 Å². The summed E-state index contributed by atoms with van der Waals surface area (Å²) in [6, 6.07) is 3.37. The maximum Gasteiger partial charge on any atom is 0.329 e. The van der Waals surface area contributed by atoms with Gasteiger partial charge < -0.3 is 15.7 Å². The molecule has 1 aromatic heterocycles. The van der Waals surface area contributed by atoms with Crippen LogP contribution in [0.3, 0.4) is 0 Å². The number of amides is 2. The summed E-state index contributed by atoms with van der Waals surface area (Å²) in [7, 11) is 0. The normalized spacial score (nSPS) is 17.0. The Morgan fingerprint density at radius 2 is 2.05 bits per heavy atom. The van der Waals surface area contributed by atoms with E-state index < -0.39 is 17.5 Å². The number of aliphatic carboxylic acids is 1. The van der Waals surface area contributed by atoms with Crippen LogP contribution in [0.2, 0.25) is 0 Å². The van der Waals surface area contributed by atoms with Gasteiger partial charge in [0, 0.05) is 18.9 Å². The summed E-state index contributed by atoms with van der Waals surface area (Å²) in [5, 5.41) is 14.8. The Hall–Kier alpha value is -2.11. The third-order valence-corrected chi connectivity index (χ3v) is 3.89. The van der Waals surface area contributed by atoms with Gasteiger partial charge >= 0.3 is 12.0 Å². The number of nitrogens with one attached hydrogen (secondary N) is 2. The molecular formula is C15H21N3O3. The monoisotopic (exact) mass is 291 g/mol. The van der Waals surface area contributed by atoms with Crippen molar-refractivity contribution in [3.8, 4) is 0 Å². The molecule has 0 aromatic carbocycles. The molecule has 0 unspecified atom stereocenters. The Morgan fingerprint density at radius 1 is 1.29 bits per heavy atom. The molecule has 1 saturated carbocycles. The van der Waals surface area contributed by atoms with Gasteiger partial charge in [0.1, 0.15) is 5.54 Å². The van der Waals surface area contributed by atoms with Gasteiger partial charge in [-0.2, -0.15) is 0 Å². The summed E-state index contributed by atoms with van der Waals surface area (Å²) in [6.07, 6.45) is 7.81. The average Bonchev–Trinajstić information content (AvgIpc) is 2.49. The fourth-order valence-corrected chi connectivity index (χ4v) is 2.68. The molecule has 0 bridgehead atoms. The number of carbonyl (C=O) groups is 2. The summed E-state index contributed by atoms with van der Waals surface area (Å²) < 4.78 is 0. The number of carboxylic acids is 1. The lowest BCUT2D eigenvalue weighted by atomic mass is 9.82. The summed E-state index contributed by atoms with van der Waals surface area (Å²) in [5.74, 6) is -0.940. The van der Waals surface area contributed by atoms with Crippen LogP contribution in [0.1, 0.15) is 37.7 Å². The van der Waals surface area contributed by atoms with Crippen LogP contribution in [0.5, 0.6) is 0 Å². The Kier molecular flexibility index (Phi) is 5.14. The van der Waals surface area contributed by atoms with Crippen molar-refractivity contribution in [3.05, 3.63) is 30.1 Å². The highest BCUT2D eigenvalue weighted by atomic mass is 16.4. The minimum atomic E-state index is -1.10. The fraction of sp³-hybridized carbons (Fsp3) is 0.533. The van der Waals surface area contributed by atoms with Crippen LogP contribution in [0, 0.1) is 0 Å². The van der Waals surface area contributed by atoms with Gasteiger partial charge in [-0.05, 0) is 30.9 Å². The first-order chi connectivity index (χ1) is 10.1. The van der Waals surface area contributed by atoms with Gasteiger partial charge in [0.15, 0.2) is 0 Å². The van der Waals surface area contributed by atoms with Crippen molar-refractivity contribution in [1.29, 1.82) is 0 Å². The van der Waals surface area contributed by atoms with E-state index in [4.69, 9.17) is 0 Å². The lowest BCUT2D eigenvalue weighted by Gasteiger charge is -2.33. The number of urea groups is 1. The largest absolute Gasteiger partial charge is 0.480 e. The maximum atomic E-state index is 11.9. The summed E-state index contributed by atoms with van der Waals surface area (Å²) in [5.41, 5.74) is -0.0696. The number of hydrogen-bond donors (Lipinski definition) is 3. The fourth-order valence-electron chi connectivity index (χ4n) is 2.68. The van der Waals surface area contributed by atoms with E-state index in [2.05, 4.69) is 15.6 Å². The highest BCUT2D eigenvalue weighted by Crippen LogP contribution is 2.28. The van der Waals surface area contributed by atoms with Gasteiger partial charge in [-0.15, -0.1) is 0 Å². The second-order valence-electron chi connectivity index (χ2n) is 5.44. The number of carboxylic acid groups (broad SMARTS) is 1. The first-order valence-corrected chi connectivity index (χ1v) is 7.31. The van der Waals surface area contributed by atoms with Crippen molar-refractivity contribution >= 4 is 12.0 Å². The van der Waals surface area contributed by atoms with Gasteiger partial charge in [-0.25, -0.2) is 9.59 Å². The number of nitrogens with zero attached hydrogens (tertiary/aromatic N) is 1. The highest BCUT2D eigenvalue weighted by Gasteiger charge is 2.40. The summed E-state index contributed by atoms with van der Waals surface area (Å²) in [6.45, 7) is 0.452. The smallest absolute Gasteiger partial charge is 0.329 e. The van der Waals surface area contributed by atoms with Crippen LogP contribution in [0.4, 0.5) is 4.79 Å². The Bertz CT molecular complexity index is 484. The van der Waals surface area contributed by atoms with Crippen LogP contribution >= 0.6 is 0 Å². The first kappa shape index (κ1) is 15.3. The summed E-state index contributed by atoms with van der Waals surface area (Å²) in [4.78, 5) is 27.4. The molecule has 1 aliphatic rings. The van der Waals surface area contributed by atoms with E-state index in [0.29, 0.717) is 25.8 Å². The van der Waals surface area contributed by atoms with Crippen LogP contribution in [-0.4, -0.2) is 34.2 Å². The predicted octanol–water partition coefficient (Wildman–Crippen LogP) is 1.71. The van der Waals surface area contributed by atoms with E-state index >= 15 is 0 Å². The highest BCUT2D eigenvalue weighted by molar-refractivity contribution is 5.86. The Morgan fingerprint density at radius 3 is 2.67 bits per heavy atom. The Balaban J connectivity index is 1.81. The van der Waals surface area contributed by atoms with Gasteiger partial charge in [0.25, 0.3) is 0 Å². The Labute approximate surface area is 124 Å². The zero-order valence-corrected chi connectivity index (χ0v) is 12.0. The molecule has 2 amide bonds. The molecule has 6 nitrogen and oxygen atoms in total. The second-order valence-corrected chi connectivity index (χ2v) is 5.44. The SMILES string of the molecule is O=C(NCCc1cccnc1)NC1(C(=O)O)CCCCC1. The quantitative estimate of drug-likeness (QED) is 0.770. The molecule has 1 aromatic rings. The first-order valence-electron chi connectivity index (χ1n) is 7.31. The minimum Gasteiger partial charge on any atom is -0.480 e. The van der Waals surface area contributed by atoms with Crippen LogP contribution in [0.25, 0.3) is 0 Å². The molecule has 2 rings (SSSR count). The number of rotatable bonds is 5. The molecule has 1 fully saturated rings. The number of carbonyl (C=O) groups excluding carboxylic acids is 1. The van der Waals surface area contributed by atoms with Crippen molar-refractivity contribution < 1.29 is 14.7 Å². The van der Waals surface area contributed by atoms with Crippen molar-refractivity contribution in [2.75, 3.05) is 6.54 Å². The van der Waals surface area contributed by atoms with Crippen molar-refractivity contribution in [2.24, 2.45) is 0 Å². The van der Waals surface area contributed by atoms with Crippen molar-refractivity contribution in [1.82, 2.24) is 15.6 Å². The molecule has 1 aliphatic carbocycles. The molecular weight excluding hydrogens is 270 g/mol. The molecule has 3 N–H and O–H groups in total. The molecule has 0 spiro atoms. The average molecular weight is 291 g/mol. The van der Waals surface area contributed by atoms with Crippen LogP contribution < -0.4 is 10.6 Å². The third-order valence-electron chi connectivity index (χ3n) is 3.89. The summed E-state index contributed by atoms with van der Waals surface area (Å²) >= 11 is 0. The minimum absolute atomic E-state index is 0.414. The van der Waals surface area contributed by atoms with Crippen molar-refractivity contribution in [2.45, 2.75) is 44.1 Å². The molecule has 0 atom stereocenters. The van der Waals surface area contributed by atoms with E-state index in [-0.39, 0.29) is 0 Å². The van der Waals surface area contributed by atoms with E-state index in [9.17, 15) is 14.7 Å². The van der Waals surface area contributed by atoms with Crippen LogP contribution in [0.15, 0.2) is 24.5 Å². The van der Waals surface area contributed by atoms with Crippen LogP contribution in [-0.2, 0) is 11.2 Å². The van der Waals surface area contributed by atoms with Gasteiger partial charge in [-0.3, -0.25) is 4.98 Å². The zero-order chi connectivity index (χ0) is 15.1. The van der Waals surface area contributed by atoms with Gasteiger partial charge in [0.2, 0.25) is 0 Å². The number of pyridine rings is 1. The lowest BCUT2D eigenvalue weighted by Crippen LogP contribution is -2.58. The van der Waals surface area contributed by atoms with Crippen molar-refractivity contribution in [3.63, 3.8) is 0 Å². The lowest BCUT2D eigenvalue weighted by molar-refractivity contribution is -0.145. The molecule has 6 heteroatoms. The maximum absolute atomic E-state index is 11.9. The zero-order valence-electron chi connectivity index (χ0n) is 12.0. The number of hydrogen-bond acceptors (Lipinski definition) is 3. The third kappa shape index (κ3) is 4.18. The topological polar surface area (TPSA) is 91.3 Å². The molecule has 0 saturated heterocycles. The molecule has 114 valence electrons. The van der Waals surface area contributed by atoms with E-state index in [0.717, 1.165) is 24.8 Å². The number of aromatic nitrogens is 1. The molecule has 0 radical (unpaired) electrons. The molecule has 21 heavy (non-hydrogen) atoms. The second kappa shape index (κ2) is 7.06.